The zero-order valence-electron chi connectivity index (χ0n) is 3.85. The molecule has 0 amide bonds. The van der Waals surface area contributed by atoms with Crippen molar-refractivity contribution < 1.29 is 19.6 Å². The van der Waals surface area contributed by atoms with Gasteiger partial charge in [-0.25, -0.2) is 5.26 Å². The first-order valence-electron chi connectivity index (χ1n) is 1.76. The van der Waals surface area contributed by atoms with E-state index in [2.05, 4.69) is 4.57 Å². The predicted octanol–water partition coefficient (Wildman–Crippen LogP) is -2.48. The first kappa shape index (κ1) is 7.46. The summed E-state index contributed by atoms with van der Waals surface area (Å²) >= 11 is 0. The molecule has 3 N–H and O–H groups in total. The second-order valence-corrected chi connectivity index (χ2v) is 0.944. The third-order valence-corrected chi connectivity index (χ3v) is 0.361. The largest absolute Gasteiger partial charge is 0.620 e. The molecule has 0 atom stereocenters. The highest BCUT2D eigenvalue weighted by Crippen LogP contribution is 1.77. The standard InChI is InChI=1S/CH3B2NO4/c4-1-2(5)8-3(6)7/h5-7H. The van der Waals surface area contributed by atoms with Crippen LogP contribution in [0.15, 0.2) is 0 Å². The van der Waals surface area contributed by atoms with Gasteiger partial charge in [0.25, 0.3) is 0 Å². The summed E-state index contributed by atoms with van der Waals surface area (Å²) in [6, 6.07) is 0. The van der Waals surface area contributed by atoms with Crippen molar-refractivity contribution in [2.75, 3.05) is 0 Å². The monoisotopic (exact) mass is 115 g/mol. The molecule has 0 bridgehead atoms. The minimum absolute atomic E-state index is 1.21. The summed E-state index contributed by atoms with van der Waals surface area (Å²) in [7, 11) is -3.86. The maximum Gasteiger partial charge on any atom is 0.620 e. The van der Waals surface area contributed by atoms with Crippen LogP contribution in [0, 0.1) is 11.2 Å². The van der Waals surface area contributed by atoms with Gasteiger partial charge in [-0.05, 0) is 0 Å². The number of nitrogens with zero attached hydrogens (tertiary/aromatic N) is 1. The maximum atomic E-state index is 8.12. The maximum absolute atomic E-state index is 8.12. The highest BCUT2D eigenvalue weighted by molar-refractivity contribution is 6.60. The minimum atomic E-state index is -2.09. The average Bonchev–Trinajstić information content (AvgIpc) is 1.65. The van der Waals surface area contributed by atoms with Crippen molar-refractivity contribution in [2.45, 2.75) is 0 Å². The van der Waals surface area contributed by atoms with Crippen LogP contribution < -0.4 is 0 Å². The minimum Gasteiger partial charge on any atom is -0.416 e. The van der Waals surface area contributed by atoms with E-state index in [0.29, 0.717) is 0 Å². The van der Waals surface area contributed by atoms with Gasteiger partial charge in [0, 0.05) is 0 Å². The van der Waals surface area contributed by atoms with Gasteiger partial charge in [-0.1, -0.05) is 0 Å². The zero-order valence-corrected chi connectivity index (χ0v) is 3.85. The second kappa shape index (κ2) is 3.46. The van der Waals surface area contributed by atoms with E-state index < -0.39 is 14.4 Å². The Labute approximate surface area is 46.4 Å². The van der Waals surface area contributed by atoms with E-state index in [9.17, 15) is 0 Å². The van der Waals surface area contributed by atoms with Gasteiger partial charge in [0.15, 0.2) is 0 Å². The van der Waals surface area contributed by atoms with Crippen molar-refractivity contribution in [1.82, 2.24) is 0 Å². The Morgan fingerprint density at radius 1 is 1.38 bits per heavy atom. The average molecular weight is 115 g/mol. The van der Waals surface area contributed by atoms with Crippen molar-refractivity contribution in [3.8, 4) is 5.97 Å². The first-order chi connectivity index (χ1) is 3.66. The van der Waals surface area contributed by atoms with Gasteiger partial charge in [0.2, 0.25) is 0 Å². The van der Waals surface area contributed by atoms with Crippen LogP contribution in [0.1, 0.15) is 0 Å². The van der Waals surface area contributed by atoms with Crippen molar-refractivity contribution in [2.24, 2.45) is 0 Å². The second-order valence-electron chi connectivity index (χ2n) is 0.944. The molecule has 0 unspecified atom stereocenters. The highest BCUT2D eigenvalue weighted by atomic mass is 16.6. The fourth-order valence-electron chi connectivity index (χ4n) is 0.146. The Hall–Kier alpha value is -0.540. The van der Waals surface area contributed by atoms with Crippen LogP contribution in [0.4, 0.5) is 0 Å². The van der Waals surface area contributed by atoms with Crippen molar-refractivity contribution in [1.29, 1.82) is 5.26 Å². The van der Waals surface area contributed by atoms with Gasteiger partial charge < -0.3 is 19.6 Å². The van der Waals surface area contributed by atoms with Gasteiger partial charge in [0.05, 0.1) is 5.97 Å². The molecule has 0 aromatic carbocycles. The molecule has 5 nitrogen and oxygen atoms in total. The van der Waals surface area contributed by atoms with Gasteiger partial charge in [0.1, 0.15) is 0 Å². The van der Waals surface area contributed by atoms with Gasteiger partial charge in [-0.2, -0.15) is 0 Å². The van der Waals surface area contributed by atoms with Crippen LogP contribution in [-0.4, -0.2) is 29.5 Å². The Kier molecular flexibility index (Phi) is 3.23. The quantitative estimate of drug-likeness (QED) is 0.346. The molecule has 0 aromatic rings. The lowest BCUT2D eigenvalue weighted by molar-refractivity contribution is 0.268. The van der Waals surface area contributed by atoms with E-state index in [-0.39, 0.29) is 0 Å². The lowest BCUT2D eigenvalue weighted by Crippen LogP contribution is -2.28. The summed E-state index contributed by atoms with van der Waals surface area (Å²) in [5, 5.41) is 31.6. The molecule has 0 radical (unpaired) electrons. The fourth-order valence-corrected chi connectivity index (χ4v) is 0.146. The molecule has 7 heteroatoms. The van der Waals surface area contributed by atoms with Crippen molar-refractivity contribution >= 4 is 14.4 Å². The summed E-state index contributed by atoms with van der Waals surface area (Å²) in [5.41, 5.74) is 0. The van der Waals surface area contributed by atoms with Crippen LogP contribution in [0.25, 0.3) is 0 Å². The third-order valence-electron chi connectivity index (χ3n) is 0.361. The molecule has 0 aromatic heterocycles. The van der Waals surface area contributed by atoms with E-state index >= 15 is 0 Å². The molecule has 0 aliphatic heterocycles. The highest BCUT2D eigenvalue weighted by Gasteiger charge is 2.20. The smallest absolute Gasteiger partial charge is 0.416 e. The Bertz CT molecular complexity index is 98.7. The molecule has 0 spiro atoms. The molecule has 0 aliphatic rings. The Morgan fingerprint density at radius 2 is 1.88 bits per heavy atom. The molecular weight excluding hydrogens is 112 g/mol. The SMILES string of the molecule is N#CB(O)OB(O)O. The molecule has 0 saturated heterocycles. The number of nitriles is 1. The van der Waals surface area contributed by atoms with Crippen LogP contribution >= 0.6 is 0 Å². The van der Waals surface area contributed by atoms with Crippen molar-refractivity contribution in [3.05, 3.63) is 0 Å². The van der Waals surface area contributed by atoms with E-state index in [1.165, 1.54) is 5.97 Å². The molecule has 0 aliphatic carbocycles. The topological polar surface area (TPSA) is 93.7 Å². The van der Waals surface area contributed by atoms with Crippen molar-refractivity contribution in [3.63, 3.8) is 0 Å². The van der Waals surface area contributed by atoms with Crippen LogP contribution in [-0.2, 0) is 4.57 Å². The van der Waals surface area contributed by atoms with Crippen LogP contribution in [0.5, 0.6) is 0 Å². The molecule has 0 heterocycles. The lowest BCUT2D eigenvalue weighted by Gasteiger charge is -1.95. The number of hydrogen-bond acceptors (Lipinski definition) is 5. The molecule has 8 heavy (non-hydrogen) atoms. The lowest BCUT2D eigenvalue weighted by atomic mass is 9.92. The van der Waals surface area contributed by atoms with Crippen LogP contribution in [0.2, 0.25) is 0 Å². The van der Waals surface area contributed by atoms with E-state index in [4.69, 9.17) is 20.3 Å². The zero-order chi connectivity index (χ0) is 6.57. The molecule has 0 rings (SSSR count). The summed E-state index contributed by atoms with van der Waals surface area (Å²) in [5.74, 6) is 1.21. The molecule has 42 valence electrons. The van der Waals surface area contributed by atoms with Gasteiger partial charge in [-0.3, -0.25) is 0 Å². The fraction of sp³-hybridized carbons (Fsp3) is 0. The predicted molar refractivity (Wildman–Crippen MR) is 24.9 cm³/mol. The molecule has 0 fully saturated rings. The summed E-state index contributed by atoms with van der Waals surface area (Å²) in [4.78, 5) is 0. The molecular formula is CH3B2NO4. The summed E-state index contributed by atoms with van der Waals surface area (Å²) < 4.78 is 3.70. The Balaban J connectivity index is 3.28. The number of hydrogen-bond donors (Lipinski definition) is 3. The van der Waals surface area contributed by atoms with Gasteiger partial charge in [-0.15, -0.1) is 0 Å². The third kappa shape index (κ3) is 3.64. The number of rotatable bonds is 2. The summed E-state index contributed by atoms with van der Waals surface area (Å²) in [6.07, 6.45) is 0. The van der Waals surface area contributed by atoms with Crippen LogP contribution in [0.3, 0.4) is 0 Å². The van der Waals surface area contributed by atoms with Gasteiger partial charge >= 0.3 is 14.4 Å². The van der Waals surface area contributed by atoms with E-state index in [0.717, 1.165) is 0 Å². The molecule has 0 saturated carbocycles. The first-order valence-corrected chi connectivity index (χ1v) is 1.76. The van der Waals surface area contributed by atoms with E-state index in [1.54, 1.807) is 0 Å². The normalized spacial score (nSPS) is 7.75. The van der Waals surface area contributed by atoms with E-state index in [1.807, 2.05) is 0 Å². The Morgan fingerprint density at radius 3 is 2.00 bits per heavy atom. The summed E-state index contributed by atoms with van der Waals surface area (Å²) in [6.45, 7) is 0.